The second-order valence-electron chi connectivity index (χ2n) is 6.16. The second kappa shape index (κ2) is 7.38. The molecule has 4 rings (SSSR count). The van der Waals surface area contributed by atoms with Crippen molar-refractivity contribution in [3.05, 3.63) is 54.5 Å². The molecule has 1 aliphatic rings. The van der Waals surface area contributed by atoms with Gasteiger partial charge in [0.1, 0.15) is 17.7 Å². The Hall–Kier alpha value is -3.16. The Morgan fingerprint density at radius 2 is 2.19 bits per heavy atom. The van der Waals surface area contributed by atoms with Gasteiger partial charge in [-0.05, 0) is 37.5 Å². The van der Waals surface area contributed by atoms with Crippen LogP contribution in [-0.4, -0.2) is 48.5 Å². The highest BCUT2D eigenvalue weighted by Gasteiger charge is 2.30. The SMILES string of the molecule is O=C(c1ccncn1)N1CCC[C@@H]1CCc1noc(-c2ccccn2)n1. The zero-order valence-corrected chi connectivity index (χ0v) is 14.2. The van der Waals surface area contributed by atoms with Crippen LogP contribution in [0, 0.1) is 0 Å². The molecule has 1 amide bonds. The van der Waals surface area contributed by atoms with Gasteiger partial charge < -0.3 is 9.42 Å². The maximum Gasteiger partial charge on any atom is 0.276 e. The van der Waals surface area contributed by atoms with Gasteiger partial charge >= 0.3 is 0 Å². The van der Waals surface area contributed by atoms with Crippen LogP contribution in [-0.2, 0) is 6.42 Å². The normalized spacial score (nSPS) is 16.8. The Bertz CT molecular complexity index is 868. The van der Waals surface area contributed by atoms with E-state index in [0.717, 1.165) is 25.8 Å². The summed E-state index contributed by atoms with van der Waals surface area (Å²) in [5, 5.41) is 4.03. The summed E-state index contributed by atoms with van der Waals surface area (Å²) in [5.74, 6) is 1.00. The summed E-state index contributed by atoms with van der Waals surface area (Å²) >= 11 is 0. The standard InChI is InChI=1S/C18H18N6O2/c25-18(15-8-10-19-12-21-15)24-11-3-4-13(24)6-7-16-22-17(26-23-16)14-5-1-2-9-20-14/h1-2,5,8-10,12-13H,3-4,6-7,11H2/t13-/m1/s1. The van der Waals surface area contributed by atoms with E-state index in [1.807, 2.05) is 23.1 Å². The van der Waals surface area contributed by atoms with E-state index in [9.17, 15) is 4.79 Å². The van der Waals surface area contributed by atoms with Crippen LogP contribution in [0.15, 0.2) is 47.5 Å². The van der Waals surface area contributed by atoms with Crippen molar-refractivity contribution in [3.8, 4) is 11.6 Å². The number of likely N-dealkylation sites (tertiary alicyclic amines) is 1. The van der Waals surface area contributed by atoms with Gasteiger partial charge in [-0.3, -0.25) is 9.78 Å². The Balaban J connectivity index is 1.40. The first kappa shape index (κ1) is 16.3. The number of carbonyl (C=O) groups excluding carboxylic acids is 1. The molecule has 0 aliphatic carbocycles. The van der Waals surface area contributed by atoms with Gasteiger partial charge in [-0.2, -0.15) is 4.98 Å². The predicted molar refractivity (Wildman–Crippen MR) is 91.9 cm³/mol. The molecule has 3 aromatic rings. The van der Waals surface area contributed by atoms with E-state index in [0.29, 0.717) is 29.5 Å². The van der Waals surface area contributed by atoms with Gasteiger partial charge in [0.2, 0.25) is 0 Å². The first-order valence-corrected chi connectivity index (χ1v) is 8.62. The molecule has 8 heteroatoms. The van der Waals surface area contributed by atoms with Gasteiger partial charge in [-0.25, -0.2) is 9.97 Å². The number of rotatable bonds is 5. The Labute approximate surface area is 150 Å². The number of pyridine rings is 1. The average Bonchev–Trinajstić information content (AvgIpc) is 3.36. The van der Waals surface area contributed by atoms with Crippen molar-refractivity contribution in [1.29, 1.82) is 0 Å². The minimum atomic E-state index is -0.0443. The zero-order chi connectivity index (χ0) is 17.8. The predicted octanol–water partition coefficient (Wildman–Crippen LogP) is 2.16. The third-order valence-corrected chi connectivity index (χ3v) is 4.49. The fraction of sp³-hybridized carbons (Fsp3) is 0.333. The van der Waals surface area contributed by atoms with Crippen molar-refractivity contribution in [2.75, 3.05) is 6.54 Å². The Kier molecular flexibility index (Phi) is 4.63. The first-order valence-electron chi connectivity index (χ1n) is 8.62. The van der Waals surface area contributed by atoms with E-state index >= 15 is 0 Å². The third-order valence-electron chi connectivity index (χ3n) is 4.49. The highest BCUT2D eigenvalue weighted by Crippen LogP contribution is 2.23. The maximum absolute atomic E-state index is 12.6. The van der Waals surface area contributed by atoms with E-state index in [1.54, 1.807) is 18.5 Å². The number of hydrogen-bond acceptors (Lipinski definition) is 7. The molecule has 3 aromatic heterocycles. The average molecular weight is 350 g/mol. The van der Waals surface area contributed by atoms with E-state index in [4.69, 9.17) is 4.52 Å². The largest absolute Gasteiger partial charge is 0.334 e. The van der Waals surface area contributed by atoms with Crippen molar-refractivity contribution < 1.29 is 9.32 Å². The lowest BCUT2D eigenvalue weighted by Crippen LogP contribution is -2.36. The van der Waals surface area contributed by atoms with Crippen LogP contribution >= 0.6 is 0 Å². The number of hydrogen-bond donors (Lipinski definition) is 0. The molecule has 0 radical (unpaired) electrons. The van der Waals surface area contributed by atoms with Gasteiger partial charge in [0.05, 0.1) is 0 Å². The van der Waals surface area contributed by atoms with Gasteiger partial charge in [0.15, 0.2) is 5.82 Å². The molecule has 4 heterocycles. The number of carbonyl (C=O) groups is 1. The summed E-state index contributed by atoms with van der Waals surface area (Å²) in [7, 11) is 0. The maximum atomic E-state index is 12.6. The van der Waals surface area contributed by atoms with Crippen molar-refractivity contribution in [2.24, 2.45) is 0 Å². The highest BCUT2D eigenvalue weighted by atomic mass is 16.5. The van der Waals surface area contributed by atoms with Crippen molar-refractivity contribution in [2.45, 2.75) is 31.7 Å². The van der Waals surface area contributed by atoms with E-state index < -0.39 is 0 Å². The molecule has 132 valence electrons. The van der Waals surface area contributed by atoms with Gasteiger partial charge in [-0.15, -0.1) is 0 Å². The van der Waals surface area contributed by atoms with E-state index in [2.05, 4.69) is 25.1 Å². The minimum Gasteiger partial charge on any atom is -0.334 e. The Morgan fingerprint density at radius 3 is 3.00 bits per heavy atom. The Morgan fingerprint density at radius 1 is 1.23 bits per heavy atom. The fourth-order valence-corrected chi connectivity index (χ4v) is 3.21. The van der Waals surface area contributed by atoms with Crippen LogP contribution in [0.5, 0.6) is 0 Å². The van der Waals surface area contributed by atoms with Gasteiger partial charge in [-0.1, -0.05) is 11.2 Å². The summed E-state index contributed by atoms with van der Waals surface area (Å²) in [5.41, 5.74) is 1.09. The first-order chi connectivity index (χ1) is 12.8. The molecule has 0 spiro atoms. The fourth-order valence-electron chi connectivity index (χ4n) is 3.21. The van der Waals surface area contributed by atoms with Crippen LogP contribution in [0.2, 0.25) is 0 Å². The van der Waals surface area contributed by atoms with E-state index in [-0.39, 0.29) is 11.9 Å². The third kappa shape index (κ3) is 3.44. The molecule has 1 aliphatic heterocycles. The molecule has 0 N–H and O–H groups in total. The number of aromatic nitrogens is 5. The van der Waals surface area contributed by atoms with Crippen LogP contribution in [0.4, 0.5) is 0 Å². The lowest BCUT2D eigenvalue weighted by Gasteiger charge is -2.23. The zero-order valence-electron chi connectivity index (χ0n) is 14.2. The molecule has 26 heavy (non-hydrogen) atoms. The van der Waals surface area contributed by atoms with Crippen molar-refractivity contribution in [3.63, 3.8) is 0 Å². The van der Waals surface area contributed by atoms with Crippen molar-refractivity contribution in [1.82, 2.24) is 30.0 Å². The summed E-state index contributed by atoms with van der Waals surface area (Å²) in [4.78, 5) is 31.1. The summed E-state index contributed by atoms with van der Waals surface area (Å²) in [6.45, 7) is 0.749. The van der Waals surface area contributed by atoms with Crippen LogP contribution in [0.1, 0.15) is 35.6 Å². The van der Waals surface area contributed by atoms with Gasteiger partial charge in [0, 0.05) is 31.4 Å². The molecular formula is C18H18N6O2. The molecule has 8 nitrogen and oxygen atoms in total. The van der Waals surface area contributed by atoms with Crippen LogP contribution < -0.4 is 0 Å². The molecular weight excluding hydrogens is 332 g/mol. The second-order valence-corrected chi connectivity index (χ2v) is 6.16. The molecule has 0 unspecified atom stereocenters. The quantitative estimate of drug-likeness (QED) is 0.695. The molecule has 1 fully saturated rings. The van der Waals surface area contributed by atoms with Crippen LogP contribution in [0.25, 0.3) is 11.6 Å². The summed E-state index contributed by atoms with van der Waals surface area (Å²) in [6.07, 6.45) is 8.08. The lowest BCUT2D eigenvalue weighted by molar-refractivity contribution is 0.0724. The van der Waals surface area contributed by atoms with Crippen LogP contribution in [0.3, 0.4) is 0 Å². The molecule has 0 saturated carbocycles. The van der Waals surface area contributed by atoms with Gasteiger partial charge in [0.25, 0.3) is 11.8 Å². The number of aryl methyl sites for hydroxylation is 1. The van der Waals surface area contributed by atoms with Crippen molar-refractivity contribution >= 4 is 5.91 Å². The smallest absolute Gasteiger partial charge is 0.276 e. The summed E-state index contributed by atoms with van der Waals surface area (Å²) < 4.78 is 5.29. The number of amides is 1. The molecule has 0 bridgehead atoms. The topological polar surface area (TPSA) is 97.9 Å². The molecule has 0 aromatic carbocycles. The molecule has 1 saturated heterocycles. The monoisotopic (exact) mass is 350 g/mol. The van der Waals surface area contributed by atoms with E-state index in [1.165, 1.54) is 6.33 Å². The number of nitrogens with zero attached hydrogens (tertiary/aromatic N) is 6. The minimum absolute atomic E-state index is 0.0443. The molecule has 1 atom stereocenters. The highest BCUT2D eigenvalue weighted by molar-refractivity contribution is 5.92. The lowest BCUT2D eigenvalue weighted by atomic mass is 10.1. The summed E-state index contributed by atoms with van der Waals surface area (Å²) in [6, 6.07) is 7.35.